The molecule has 3 aromatic rings. The van der Waals surface area contributed by atoms with Crippen LogP contribution in [0.5, 0.6) is 0 Å². The molecule has 3 heterocycles. The summed E-state index contributed by atoms with van der Waals surface area (Å²) in [6.07, 6.45) is 1.69. The van der Waals surface area contributed by atoms with E-state index >= 15 is 0 Å². The molecule has 0 fully saturated rings. The molecule has 0 unspecified atom stereocenters. The molecule has 0 spiro atoms. The van der Waals surface area contributed by atoms with E-state index in [0.717, 1.165) is 22.7 Å². The van der Waals surface area contributed by atoms with Crippen molar-refractivity contribution in [3.05, 3.63) is 41.1 Å². The summed E-state index contributed by atoms with van der Waals surface area (Å²) in [5.74, 6) is 1.62. The summed E-state index contributed by atoms with van der Waals surface area (Å²) in [7, 11) is 3.88. The van der Waals surface area contributed by atoms with Crippen LogP contribution in [0.4, 0.5) is 5.95 Å². The Morgan fingerprint density at radius 1 is 1.32 bits per heavy atom. The van der Waals surface area contributed by atoms with Gasteiger partial charge in [-0.2, -0.15) is 5.10 Å². The fourth-order valence-corrected chi connectivity index (χ4v) is 2.44. The van der Waals surface area contributed by atoms with Crippen molar-refractivity contribution in [2.45, 2.75) is 26.9 Å². The van der Waals surface area contributed by atoms with Crippen LogP contribution in [0.15, 0.2) is 22.8 Å². The van der Waals surface area contributed by atoms with Crippen molar-refractivity contribution in [2.75, 3.05) is 11.9 Å². The number of hydrogen-bond donors (Lipinski definition) is 0. The lowest BCUT2D eigenvalue weighted by Gasteiger charge is -2.17. The standard InChI is InChI=1S/C14H19N7O/c1-10-7-13(20(4)16-10)9-21-14(15-17-18-21)19(3)8-12-5-6-22-11(12)2/h5-7H,8-9H2,1-4H3. The Balaban J connectivity index is 1.79. The molecule has 0 aliphatic heterocycles. The summed E-state index contributed by atoms with van der Waals surface area (Å²) in [6, 6.07) is 4.00. The number of aryl methyl sites for hydroxylation is 3. The van der Waals surface area contributed by atoms with Crippen LogP contribution in [-0.2, 0) is 20.1 Å². The van der Waals surface area contributed by atoms with Crippen LogP contribution in [0.25, 0.3) is 0 Å². The smallest absolute Gasteiger partial charge is 0.245 e. The van der Waals surface area contributed by atoms with Crippen LogP contribution < -0.4 is 4.90 Å². The molecule has 0 aliphatic rings. The molecule has 116 valence electrons. The average molecular weight is 301 g/mol. The zero-order valence-corrected chi connectivity index (χ0v) is 13.2. The van der Waals surface area contributed by atoms with Crippen LogP contribution in [0, 0.1) is 13.8 Å². The summed E-state index contributed by atoms with van der Waals surface area (Å²) >= 11 is 0. The third kappa shape index (κ3) is 2.72. The molecule has 0 atom stereocenters. The highest BCUT2D eigenvalue weighted by molar-refractivity contribution is 5.31. The molecule has 0 N–H and O–H groups in total. The minimum atomic E-state index is 0.578. The van der Waals surface area contributed by atoms with E-state index in [-0.39, 0.29) is 0 Å². The zero-order chi connectivity index (χ0) is 15.7. The van der Waals surface area contributed by atoms with Gasteiger partial charge in [0.25, 0.3) is 0 Å². The van der Waals surface area contributed by atoms with Gasteiger partial charge >= 0.3 is 0 Å². The van der Waals surface area contributed by atoms with E-state index in [2.05, 4.69) is 20.6 Å². The second-order valence-electron chi connectivity index (χ2n) is 5.40. The van der Waals surface area contributed by atoms with E-state index in [1.54, 1.807) is 10.9 Å². The van der Waals surface area contributed by atoms with Crippen LogP contribution in [0.3, 0.4) is 0 Å². The first-order valence-electron chi connectivity index (χ1n) is 7.04. The summed E-state index contributed by atoms with van der Waals surface area (Å²) in [4.78, 5) is 2.00. The Kier molecular flexibility index (Phi) is 3.66. The third-order valence-corrected chi connectivity index (χ3v) is 3.64. The first-order chi connectivity index (χ1) is 10.5. The Morgan fingerprint density at radius 3 is 2.77 bits per heavy atom. The minimum absolute atomic E-state index is 0.578. The van der Waals surface area contributed by atoms with Gasteiger partial charge in [0.15, 0.2) is 0 Å². The lowest BCUT2D eigenvalue weighted by Crippen LogP contribution is -2.22. The number of aromatic nitrogens is 6. The molecule has 0 aliphatic carbocycles. The Labute approximate surface area is 128 Å². The molecule has 22 heavy (non-hydrogen) atoms. The Morgan fingerprint density at radius 2 is 2.14 bits per heavy atom. The summed E-state index contributed by atoms with van der Waals surface area (Å²) in [5, 5.41) is 16.4. The fourth-order valence-electron chi connectivity index (χ4n) is 2.44. The SMILES string of the molecule is Cc1cc(Cn2nnnc2N(C)Cc2ccoc2C)n(C)n1. The van der Waals surface area contributed by atoms with Gasteiger partial charge in [0.2, 0.25) is 5.95 Å². The maximum Gasteiger partial charge on any atom is 0.245 e. The maximum atomic E-state index is 5.33. The number of anilines is 1. The van der Waals surface area contributed by atoms with Crippen LogP contribution in [0.1, 0.15) is 22.7 Å². The summed E-state index contributed by atoms with van der Waals surface area (Å²) < 4.78 is 8.95. The second-order valence-corrected chi connectivity index (χ2v) is 5.40. The van der Waals surface area contributed by atoms with Gasteiger partial charge in [0.1, 0.15) is 5.76 Å². The second kappa shape index (κ2) is 5.63. The predicted octanol–water partition coefficient (Wildman–Crippen LogP) is 1.30. The van der Waals surface area contributed by atoms with Crippen molar-refractivity contribution in [3.8, 4) is 0 Å². The van der Waals surface area contributed by atoms with Crippen molar-refractivity contribution < 1.29 is 4.42 Å². The first-order valence-corrected chi connectivity index (χ1v) is 7.04. The van der Waals surface area contributed by atoms with Gasteiger partial charge < -0.3 is 9.32 Å². The highest BCUT2D eigenvalue weighted by Crippen LogP contribution is 2.16. The van der Waals surface area contributed by atoms with Crippen LogP contribution in [0.2, 0.25) is 0 Å². The summed E-state index contributed by atoms with van der Waals surface area (Å²) in [6.45, 7) is 5.18. The topological polar surface area (TPSA) is 77.8 Å². The zero-order valence-electron chi connectivity index (χ0n) is 13.2. The average Bonchev–Trinajstić information content (AvgIpc) is 3.14. The van der Waals surface area contributed by atoms with E-state index in [4.69, 9.17) is 4.42 Å². The highest BCUT2D eigenvalue weighted by Gasteiger charge is 2.15. The van der Waals surface area contributed by atoms with Gasteiger partial charge in [-0.3, -0.25) is 4.68 Å². The molecular weight excluding hydrogens is 282 g/mol. The quantitative estimate of drug-likeness (QED) is 0.707. The number of furan rings is 1. The number of tetrazole rings is 1. The molecule has 8 heteroatoms. The summed E-state index contributed by atoms with van der Waals surface area (Å²) in [5.41, 5.74) is 3.15. The normalized spacial score (nSPS) is 11.1. The molecule has 8 nitrogen and oxygen atoms in total. The van der Waals surface area contributed by atoms with Crippen molar-refractivity contribution in [2.24, 2.45) is 7.05 Å². The molecule has 0 amide bonds. The van der Waals surface area contributed by atoms with Crippen molar-refractivity contribution in [3.63, 3.8) is 0 Å². The van der Waals surface area contributed by atoms with E-state index in [1.165, 1.54) is 0 Å². The Bertz CT molecular complexity index is 770. The molecular formula is C14H19N7O. The van der Waals surface area contributed by atoms with Crippen molar-refractivity contribution in [1.29, 1.82) is 0 Å². The van der Waals surface area contributed by atoms with Gasteiger partial charge in [-0.05, 0) is 36.4 Å². The van der Waals surface area contributed by atoms with Gasteiger partial charge in [-0.25, -0.2) is 4.68 Å². The predicted molar refractivity (Wildman–Crippen MR) is 80.4 cm³/mol. The monoisotopic (exact) mass is 301 g/mol. The fraction of sp³-hybridized carbons (Fsp3) is 0.429. The lowest BCUT2D eigenvalue weighted by atomic mass is 10.2. The molecule has 0 bridgehead atoms. The van der Waals surface area contributed by atoms with Gasteiger partial charge in [0.05, 0.1) is 24.2 Å². The lowest BCUT2D eigenvalue weighted by molar-refractivity contribution is 0.529. The third-order valence-electron chi connectivity index (χ3n) is 3.64. The molecule has 0 aromatic carbocycles. The Hall–Kier alpha value is -2.64. The van der Waals surface area contributed by atoms with E-state index in [1.807, 2.05) is 49.7 Å². The van der Waals surface area contributed by atoms with Gasteiger partial charge in [-0.1, -0.05) is 5.10 Å². The first kappa shape index (κ1) is 14.3. The van der Waals surface area contributed by atoms with Gasteiger partial charge in [-0.15, -0.1) is 0 Å². The van der Waals surface area contributed by atoms with E-state index in [9.17, 15) is 0 Å². The number of nitrogens with zero attached hydrogens (tertiary/aromatic N) is 7. The van der Waals surface area contributed by atoms with E-state index in [0.29, 0.717) is 19.0 Å². The van der Waals surface area contributed by atoms with Crippen molar-refractivity contribution >= 4 is 5.95 Å². The highest BCUT2D eigenvalue weighted by atomic mass is 16.3. The van der Waals surface area contributed by atoms with Gasteiger partial charge in [0, 0.05) is 26.2 Å². The number of rotatable bonds is 5. The van der Waals surface area contributed by atoms with Crippen LogP contribution >= 0.6 is 0 Å². The molecule has 0 radical (unpaired) electrons. The van der Waals surface area contributed by atoms with E-state index < -0.39 is 0 Å². The minimum Gasteiger partial charge on any atom is -0.469 e. The van der Waals surface area contributed by atoms with Crippen LogP contribution in [-0.4, -0.2) is 37.0 Å². The maximum absolute atomic E-state index is 5.33. The van der Waals surface area contributed by atoms with Crippen molar-refractivity contribution in [1.82, 2.24) is 30.0 Å². The molecule has 3 aromatic heterocycles. The number of hydrogen-bond acceptors (Lipinski definition) is 6. The molecule has 0 saturated carbocycles. The molecule has 0 saturated heterocycles. The molecule has 3 rings (SSSR count). The largest absolute Gasteiger partial charge is 0.469 e.